The molecule has 138 valence electrons. The predicted octanol–water partition coefficient (Wildman–Crippen LogP) is 2.89. The maximum absolute atomic E-state index is 11.9. The minimum Gasteiger partial charge on any atom is -0.465 e. The van der Waals surface area contributed by atoms with Gasteiger partial charge in [-0.15, -0.1) is 0 Å². The van der Waals surface area contributed by atoms with E-state index in [1.54, 1.807) is 6.07 Å². The molecule has 0 bridgehead atoms. The second-order valence-corrected chi connectivity index (χ2v) is 7.04. The van der Waals surface area contributed by atoms with E-state index in [1.165, 1.54) is 12.7 Å². The minimum atomic E-state index is -0.376. The minimum absolute atomic E-state index is 0.0175. The highest BCUT2D eigenvalue weighted by Crippen LogP contribution is 2.37. The summed E-state index contributed by atoms with van der Waals surface area (Å²) in [5.74, 6) is -0.376. The summed E-state index contributed by atoms with van der Waals surface area (Å²) in [6.07, 6.45) is 4.86. The van der Waals surface area contributed by atoms with Crippen molar-refractivity contribution >= 4 is 17.6 Å². The van der Waals surface area contributed by atoms with Crippen molar-refractivity contribution in [3.63, 3.8) is 0 Å². The number of hydrogen-bond donors (Lipinski definition) is 0. The van der Waals surface area contributed by atoms with Crippen LogP contribution in [0.2, 0.25) is 5.02 Å². The molecule has 1 aromatic heterocycles. The molecule has 4 rings (SSSR count). The van der Waals surface area contributed by atoms with Crippen LogP contribution in [0, 0.1) is 0 Å². The van der Waals surface area contributed by atoms with Crippen LogP contribution in [0.5, 0.6) is 0 Å². The standard InChI is InChI=1S/C19H21ClN2O4/c1-24-19(23)14-7-12-3-2-4-13-9-22(10-15-11-25-5-6-26-15)21-18(13)17(12)16(20)8-14/h7-9,15H,2-6,10-11H2,1H3/t15-/m0/s1. The van der Waals surface area contributed by atoms with Crippen LogP contribution in [0.15, 0.2) is 18.3 Å². The van der Waals surface area contributed by atoms with Crippen LogP contribution < -0.4 is 0 Å². The lowest BCUT2D eigenvalue weighted by Crippen LogP contribution is -2.32. The molecule has 0 amide bonds. The zero-order valence-electron chi connectivity index (χ0n) is 14.7. The van der Waals surface area contributed by atoms with E-state index in [0.29, 0.717) is 37.0 Å². The van der Waals surface area contributed by atoms with Crippen molar-refractivity contribution in [2.24, 2.45) is 0 Å². The highest BCUT2D eigenvalue weighted by Gasteiger charge is 2.24. The van der Waals surface area contributed by atoms with Gasteiger partial charge < -0.3 is 14.2 Å². The van der Waals surface area contributed by atoms with Crippen LogP contribution in [0.1, 0.15) is 27.9 Å². The third-order valence-electron chi connectivity index (χ3n) is 4.84. The Balaban J connectivity index is 1.69. The fourth-order valence-electron chi connectivity index (χ4n) is 3.63. The molecule has 2 aromatic rings. The van der Waals surface area contributed by atoms with Crippen molar-refractivity contribution in [2.75, 3.05) is 26.9 Å². The molecule has 6 nitrogen and oxygen atoms in total. The number of aryl methyl sites for hydroxylation is 2. The lowest BCUT2D eigenvalue weighted by molar-refractivity contribution is -0.0946. The van der Waals surface area contributed by atoms with Crippen molar-refractivity contribution < 1.29 is 19.0 Å². The summed E-state index contributed by atoms with van der Waals surface area (Å²) in [4.78, 5) is 11.9. The van der Waals surface area contributed by atoms with Crippen molar-refractivity contribution in [3.8, 4) is 11.3 Å². The number of ether oxygens (including phenoxy) is 3. The molecule has 1 aliphatic carbocycles. The lowest BCUT2D eigenvalue weighted by atomic mass is 9.99. The van der Waals surface area contributed by atoms with Gasteiger partial charge in [-0.05, 0) is 42.5 Å². The van der Waals surface area contributed by atoms with E-state index in [1.807, 2.05) is 10.7 Å². The first-order chi connectivity index (χ1) is 12.7. The summed E-state index contributed by atoms with van der Waals surface area (Å²) in [5.41, 5.74) is 4.52. The smallest absolute Gasteiger partial charge is 0.337 e. The molecular weight excluding hydrogens is 356 g/mol. The van der Waals surface area contributed by atoms with E-state index < -0.39 is 0 Å². The van der Waals surface area contributed by atoms with Crippen LogP contribution in [-0.4, -0.2) is 48.8 Å². The van der Waals surface area contributed by atoms with Crippen LogP contribution in [0.25, 0.3) is 11.3 Å². The highest BCUT2D eigenvalue weighted by molar-refractivity contribution is 6.34. The zero-order chi connectivity index (χ0) is 18.1. The first kappa shape index (κ1) is 17.5. The fraction of sp³-hybridized carbons (Fsp3) is 0.474. The lowest BCUT2D eigenvalue weighted by Gasteiger charge is -2.22. The van der Waals surface area contributed by atoms with Crippen molar-refractivity contribution in [1.29, 1.82) is 0 Å². The SMILES string of the molecule is COC(=O)c1cc(Cl)c2c(c1)CCCc1cn(C[C@H]3COCCO3)nc1-2. The molecule has 0 unspecified atom stereocenters. The summed E-state index contributed by atoms with van der Waals surface area (Å²) < 4.78 is 17.9. The van der Waals surface area contributed by atoms with E-state index in [0.717, 1.165) is 36.1 Å². The van der Waals surface area contributed by atoms with Crippen molar-refractivity contribution in [2.45, 2.75) is 31.9 Å². The van der Waals surface area contributed by atoms with Gasteiger partial charge in [0, 0.05) is 11.8 Å². The Morgan fingerprint density at radius 3 is 2.96 bits per heavy atom. The van der Waals surface area contributed by atoms with E-state index in [4.69, 9.17) is 30.9 Å². The number of esters is 1. The molecule has 0 spiro atoms. The molecular formula is C19H21ClN2O4. The van der Waals surface area contributed by atoms with Crippen molar-refractivity contribution in [3.05, 3.63) is 40.0 Å². The molecule has 2 aliphatic rings. The Hall–Kier alpha value is -1.89. The van der Waals surface area contributed by atoms with Crippen LogP contribution in [0.3, 0.4) is 0 Å². The van der Waals surface area contributed by atoms with Crippen LogP contribution >= 0.6 is 11.6 Å². The van der Waals surface area contributed by atoms with E-state index in [2.05, 4.69) is 6.20 Å². The second kappa shape index (κ2) is 7.39. The summed E-state index contributed by atoms with van der Waals surface area (Å²) in [6, 6.07) is 3.54. The molecule has 0 N–H and O–H groups in total. The van der Waals surface area contributed by atoms with E-state index in [9.17, 15) is 4.79 Å². The number of benzene rings is 1. The third kappa shape index (κ3) is 3.37. The number of nitrogens with zero attached hydrogens (tertiary/aromatic N) is 2. The Kier molecular flexibility index (Phi) is 4.98. The number of hydrogen-bond acceptors (Lipinski definition) is 5. The normalized spacial score (nSPS) is 19.4. The Morgan fingerprint density at radius 2 is 2.19 bits per heavy atom. The van der Waals surface area contributed by atoms with Gasteiger partial charge in [-0.3, -0.25) is 4.68 Å². The van der Waals surface area contributed by atoms with Crippen molar-refractivity contribution in [1.82, 2.24) is 9.78 Å². The van der Waals surface area contributed by atoms with Gasteiger partial charge in [0.25, 0.3) is 0 Å². The van der Waals surface area contributed by atoms with Gasteiger partial charge in [-0.25, -0.2) is 4.79 Å². The summed E-state index contributed by atoms with van der Waals surface area (Å²) in [7, 11) is 1.37. The number of fused-ring (bicyclic) bond motifs is 3. The van der Waals surface area contributed by atoms with E-state index >= 15 is 0 Å². The Bertz CT molecular complexity index is 827. The van der Waals surface area contributed by atoms with Gasteiger partial charge in [-0.2, -0.15) is 5.10 Å². The van der Waals surface area contributed by atoms with Gasteiger partial charge in [-0.1, -0.05) is 11.6 Å². The van der Waals surface area contributed by atoms with Crippen LogP contribution in [0.4, 0.5) is 0 Å². The molecule has 1 saturated heterocycles. The molecule has 1 fully saturated rings. The largest absolute Gasteiger partial charge is 0.465 e. The average Bonchev–Trinajstić information content (AvgIpc) is 2.95. The molecule has 0 radical (unpaired) electrons. The quantitative estimate of drug-likeness (QED) is 0.771. The van der Waals surface area contributed by atoms with Crippen LogP contribution in [-0.2, 0) is 33.6 Å². The molecule has 26 heavy (non-hydrogen) atoms. The maximum Gasteiger partial charge on any atom is 0.337 e. The zero-order valence-corrected chi connectivity index (χ0v) is 15.4. The number of carbonyl (C=O) groups excluding carboxylic acids is 1. The second-order valence-electron chi connectivity index (χ2n) is 6.63. The molecule has 1 aromatic carbocycles. The number of carbonyl (C=O) groups is 1. The summed E-state index contributed by atoms with van der Waals surface area (Å²) in [6.45, 7) is 2.51. The maximum atomic E-state index is 11.9. The number of methoxy groups -OCH3 is 1. The monoisotopic (exact) mass is 376 g/mol. The fourth-order valence-corrected chi connectivity index (χ4v) is 3.96. The molecule has 0 saturated carbocycles. The average molecular weight is 377 g/mol. The topological polar surface area (TPSA) is 62.6 Å². The molecule has 1 aliphatic heterocycles. The summed E-state index contributed by atoms with van der Waals surface area (Å²) in [5, 5.41) is 5.32. The highest BCUT2D eigenvalue weighted by atomic mass is 35.5. The van der Waals surface area contributed by atoms with Gasteiger partial charge in [0.2, 0.25) is 0 Å². The first-order valence-electron chi connectivity index (χ1n) is 8.82. The number of aromatic nitrogens is 2. The Morgan fingerprint density at radius 1 is 1.35 bits per heavy atom. The van der Waals surface area contributed by atoms with Gasteiger partial charge in [0.1, 0.15) is 6.10 Å². The predicted molar refractivity (Wildman–Crippen MR) is 96.6 cm³/mol. The molecule has 2 heterocycles. The third-order valence-corrected chi connectivity index (χ3v) is 5.13. The van der Waals surface area contributed by atoms with Gasteiger partial charge in [0.05, 0.1) is 49.8 Å². The Labute approximate surface area is 157 Å². The van der Waals surface area contributed by atoms with Gasteiger partial charge >= 0.3 is 5.97 Å². The molecule has 1 atom stereocenters. The number of rotatable bonds is 3. The number of halogens is 1. The summed E-state index contributed by atoms with van der Waals surface area (Å²) >= 11 is 6.55. The molecule has 7 heteroatoms. The van der Waals surface area contributed by atoms with Gasteiger partial charge in [0.15, 0.2) is 0 Å². The van der Waals surface area contributed by atoms with E-state index in [-0.39, 0.29) is 12.1 Å². The first-order valence-corrected chi connectivity index (χ1v) is 9.20.